The molecule has 0 amide bonds. The topological polar surface area (TPSA) is 32.3 Å². The van der Waals surface area contributed by atoms with Crippen molar-refractivity contribution in [2.24, 2.45) is 0 Å². The molecule has 19 heavy (non-hydrogen) atoms. The summed E-state index contributed by atoms with van der Waals surface area (Å²) in [7, 11) is 0. The van der Waals surface area contributed by atoms with Crippen LogP contribution in [0.25, 0.3) is 0 Å². The molecule has 2 rings (SSSR count). The Labute approximate surface area is 125 Å². The standard InChI is InChI=1S/C15H21Cl2NO/c16-13-5-4-12(14(17)10-13)6-9-18-11-15(19)7-2-1-3-8-15/h4-5,10,18-19H,1-3,6-9,11H2. The Balaban J connectivity index is 1.74. The van der Waals surface area contributed by atoms with Gasteiger partial charge in [-0.25, -0.2) is 0 Å². The predicted octanol–water partition coefficient (Wildman–Crippen LogP) is 3.82. The molecule has 1 saturated carbocycles. The minimum absolute atomic E-state index is 0.498. The number of aliphatic hydroxyl groups is 1. The zero-order valence-electron chi connectivity index (χ0n) is 11.1. The lowest BCUT2D eigenvalue weighted by atomic mass is 9.85. The smallest absolute Gasteiger partial charge is 0.0771 e. The highest BCUT2D eigenvalue weighted by Crippen LogP contribution is 2.27. The molecule has 106 valence electrons. The molecule has 0 bridgehead atoms. The number of halogens is 2. The van der Waals surface area contributed by atoms with E-state index in [1.807, 2.05) is 12.1 Å². The third-order valence-electron chi connectivity index (χ3n) is 3.82. The van der Waals surface area contributed by atoms with E-state index >= 15 is 0 Å². The van der Waals surface area contributed by atoms with Crippen molar-refractivity contribution < 1.29 is 5.11 Å². The van der Waals surface area contributed by atoms with Crippen LogP contribution < -0.4 is 5.32 Å². The van der Waals surface area contributed by atoms with Gasteiger partial charge in [0, 0.05) is 16.6 Å². The van der Waals surface area contributed by atoms with Crippen LogP contribution in [0.3, 0.4) is 0 Å². The summed E-state index contributed by atoms with van der Waals surface area (Å²) in [6.07, 6.45) is 6.22. The second-order valence-corrected chi connectivity index (χ2v) is 6.29. The molecule has 2 N–H and O–H groups in total. The summed E-state index contributed by atoms with van der Waals surface area (Å²) < 4.78 is 0. The molecule has 0 atom stereocenters. The number of nitrogens with one attached hydrogen (secondary N) is 1. The quantitative estimate of drug-likeness (QED) is 0.810. The molecule has 1 fully saturated rings. The zero-order valence-corrected chi connectivity index (χ0v) is 12.6. The monoisotopic (exact) mass is 301 g/mol. The first-order valence-electron chi connectivity index (χ1n) is 6.96. The minimum Gasteiger partial charge on any atom is -0.389 e. The Kier molecular flexibility index (Phi) is 5.52. The fraction of sp³-hybridized carbons (Fsp3) is 0.600. The van der Waals surface area contributed by atoms with E-state index in [1.54, 1.807) is 6.07 Å². The van der Waals surface area contributed by atoms with E-state index in [9.17, 15) is 5.11 Å². The van der Waals surface area contributed by atoms with Crippen molar-refractivity contribution in [2.75, 3.05) is 13.1 Å². The van der Waals surface area contributed by atoms with Gasteiger partial charge >= 0.3 is 0 Å². The fourth-order valence-corrected chi connectivity index (χ4v) is 3.16. The SMILES string of the molecule is OC1(CNCCc2ccc(Cl)cc2Cl)CCCCC1. The zero-order chi connectivity index (χ0) is 13.7. The highest BCUT2D eigenvalue weighted by Gasteiger charge is 2.28. The van der Waals surface area contributed by atoms with Crippen molar-refractivity contribution in [1.29, 1.82) is 0 Å². The van der Waals surface area contributed by atoms with Crippen molar-refractivity contribution in [2.45, 2.75) is 44.1 Å². The lowest BCUT2D eigenvalue weighted by Gasteiger charge is -2.32. The van der Waals surface area contributed by atoms with Gasteiger partial charge in [0.15, 0.2) is 0 Å². The van der Waals surface area contributed by atoms with Crippen molar-refractivity contribution in [3.63, 3.8) is 0 Å². The van der Waals surface area contributed by atoms with E-state index in [2.05, 4.69) is 5.32 Å². The first-order valence-corrected chi connectivity index (χ1v) is 7.72. The van der Waals surface area contributed by atoms with Crippen LogP contribution in [0.15, 0.2) is 18.2 Å². The van der Waals surface area contributed by atoms with Crippen molar-refractivity contribution in [3.05, 3.63) is 33.8 Å². The van der Waals surface area contributed by atoms with Gasteiger partial charge in [0.2, 0.25) is 0 Å². The van der Waals surface area contributed by atoms with Crippen LogP contribution in [0, 0.1) is 0 Å². The Morgan fingerprint density at radius 2 is 1.89 bits per heavy atom. The maximum absolute atomic E-state index is 10.4. The third kappa shape index (κ3) is 4.64. The van der Waals surface area contributed by atoms with Crippen LogP contribution >= 0.6 is 23.2 Å². The van der Waals surface area contributed by atoms with Gasteiger partial charge in [-0.05, 0) is 43.5 Å². The van der Waals surface area contributed by atoms with Crippen LogP contribution in [0.4, 0.5) is 0 Å². The minimum atomic E-state index is -0.498. The third-order valence-corrected chi connectivity index (χ3v) is 4.41. The molecule has 2 nitrogen and oxygen atoms in total. The molecule has 0 aromatic heterocycles. The molecule has 1 aromatic carbocycles. The van der Waals surface area contributed by atoms with Crippen LogP contribution in [0.2, 0.25) is 10.0 Å². The van der Waals surface area contributed by atoms with Gasteiger partial charge in [-0.1, -0.05) is 48.5 Å². The molecular weight excluding hydrogens is 281 g/mol. The number of hydrogen-bond acceptors (Lipinski definition) is 2. The molecule has 0 heterocycles. The summed E-state index contributed by atoms with van der Waals surface area (Å²) in [4.78, 5) is 0. The molecular formula is C15H21Cl2NO. The molecule has 0 saturated heterocycles. The fourth-order valence-electron chi connectivity index (χ4n) is 2.66. The van der Waals surface area contributed by atoms with Gasteiger partial charge in [-0.15, -0.1) is 0 Å². The van der Waals surface area contributed by atoms with E-state index in [0.717, 1.165) is 44.2 Å². The van der Waals surface area contributed by atoms with Gasteiger partial charge in [-0.2, -0.15) is 0 Å². The van der Waals surface area contributed by atoms with Gasteiger partial charge in [-0.3, -0.25) is 0 Å². The van der Waals surface area contributed by atoms with Crippen LogP contribution in [0.5, 0.6) is 0 Å². The normalized spacial score (nSPS) is 18.5. The van der Waals surface area contributed by atoms with E-state index in [0.29, 0.717) is 16.6 Å². The molecule has 1 aliphatic carbocycles. The number of hydrogen-bond donors (Lipinski definition) is 2. The summed E-state index contributed by atoms with van der Waals surface area (Å²) in [6.45, 7) is 1.50. The van der Waals surface area contributed by atoms with Crippen LogP contribution in [0.1, 0.15) is 37.7 Å². The van der Waals surface area contributed by atoms with Crippen LogP contribution in [-0.4, -0.2) is 23.8 Å². The number of benzene rings is 1. The maximum atomic E-state index is 10.4. The highest BCUT2D eigenvalue weighted by atomic mass is 35.5. The van der Waals surface area contributed by atoms with Gasteiger partial charge in [0.25, 0.3) is 0 Å². The Morgan fingerprint density at radius 1 is 1.16 bits per heavy atom. The molecule has 1 aromatic rings. The Bertz CT molecular complexity index is 417. The van der Waals surface area contributed by atoms with E-state index in [4.69, 9.17) is 23.2 Å². The molecule has 4 heteroatoms. The second kappa shape index (κ2) is 6.94. The number of rotatable bonds is 5. The second-order valence-electron chi connectivity index (χ2n) is 5.45. The van der Waals surface area contributed by atoms with E-state index in [1.165, 1.54) is 6.42 Å². The largest absolute Gasteiger partial charge is 0.389 e. The summed E-state index contributed by atoms with van der Waals surface area (Å²) in [6, 6.07) is 5.59. The first kappa shape index (κ1) is 15.1. The van der Waals surface area contributed by atoms with Crippen molar-refractivity contribution in [3.8, 4) is 0 Å². The summed E-state index contributed by atoms with van der Waals surface area (Å²) in [5, 5.41) is 15.1. The van der Waals surface area contributed by atoms with E-state index < -0.39 is 5.60 Å². The van der Waals surface area contributed by atoms with Crippen molar-refractivity contribution in [1.82, 2.24) is 5.32 Å². The molecule has 0 aliphatic heterocycles. The Hall–Kier alpha value is -0.280. The molecule has 0 radical (unpaired) electrons. The van der Waals surface area contributed by atoms with Gasteiger partial charge in [0.1, 0.15) is 0 Å². The molecule has 0 spiro atoms. The summed E-state index contributed by atoms with van der Waals surface area (Å²) in [5.41, 5.74) is 0.594. The summed E-state index contributed by atoms with van der Waals surface area (Å²) in [5.74, 6) is 0. The molecule has 0 unspecified atom stereocenters. The highest BCUT2D eigenvalue weighted by molar-refractivity contribution is 6.35. The first-order chi connectivity index (χ1) is 9.09. The van der Waals surface area contributed by atoms with Gasteiger partial charge in [0.05, 0.1) is 5.60 Å². The average molecular weight is 302 g/mol. The maximum Gasteiger partial charge on any atom is 0.0771 e. The van der Waals surface area contributed by atoms with Gasteiger partial charge < -0.3 is 10.4 Å². The Morgan fingerprint density at radius 3 is 2.58 bits per heavy atom. The summed E-state index contributed by atoms with van der Waals surface area (Å²) >= 11 is 12.0. The van der Waals surface area contributed by atoms with Crippen LogP contribution in [-0.2, 0) is 6.42 Å². The lowest BCUT2D eigenvalue weighted by molar-refractivity contribution is 0.00517. The predicted molar refractivity (Wildman–Crippen MR) is 81.1 cm³/mol. The van der Waals surface area contributed by atoms with Crippen molar-refractivity contribution >= 4 is 23.2 Å². The average Bonchev–Trinajstić information content (AvgIpc) is 2.37. The molecule has 1 aliphatic rings. The lowest BCUT2D eigenvalue weighted by Crippen LogP contribution is -2.42. The van der Waals surface area contributed by atoms with E-state index in [-0.39, 0.29) is 0 Å².